The van der Waals surface area contributed by atoms with Crippen molar-refractivity contribution in [2.24, 2.45) is 0 Å². The SMILES string of the molecule is CCc1[nH]nc(C(=O)NCCS(=O)CC)c1N. The van der Waals surface area contributed by atoms with Crippen LogP contribution in [0.3, 0.4) is 0 Å². The van der Waals surface area contributed by atoms with Crippen LogP contribution in [0.15, 0.2) is 0 Å². The van der Waals surface area contributed by atoms with Gasteiger partial charge in [0.15, 0.2) is 5.69 Å². The second-order valence-corrected chi connectivity index (χ2v) is 5.37. The van der Waals surface area contributed by atoms with Gasteiger partial charge in [-0.3, -0.25) is 14.1 Å². The first-order chi connectivity index (χ1) is 8.10. The number of nitrogen functional groups attached to an aromatic ring is 1. The van der Waals surface area contributed by atoms with E-state index in [1.54, 1.807) is 0 Å². The molecule has 0 bridgehead atoms. The average molecular weight is 258 g/mol. The Balaban J connectivity index is 2.52. The van der Waals surface area contributed by atoms with Crippen LogP contribution in [0.5, 0.6) is 0 Å². The van der Waals surface area contributed by atoms with Crippen LogP contribution in [0, 0.1) is 0 Å². The van der Waals surface area contributed by atoms with E-state index in [4.69, 9.17) is 5.73 Å². The fourth-order valence-corrected chi connectivity index (χ4v) is 1.95. The third-order valence-electron chi connectivity index (χ3n) is 2.39. The first-order valence-corrected chi connectivity index (χ1v) is 7.04. The number of H-pyrrole nitrogens is 1. The zero-order chi connectivity index (χ0) is 12.8. The molecule has 0 aliphatic heterocycles. The summed E-state index contributed by atoms with van der Waals surface area (Å²) in [6.07, 6.45) is 0.700. The van der Waals surface area contributed by atoms with Gasteiger partial charge in [0.05, 0.1) is 11.4 Å². The highest BCUT2D eigenvalue weighted by molar-refractivity contribution is 7.84. The molecule has 1 atom stereocenters. The average Bonchev–Trinajstić information content (AvgIpc) is 2.70. The Kier molecular flexibility index (Phi) is 5.14. The van der Waals surface area contributed by atoms with Crippen molar-refractivity contribution in [1.29, 1.82) is 0 Å². The third kappa shape index (κ3) is 3.55. The van der Waals surface area contributed by atoms with Crippen LogP contribution in [0.25, 0.3) is 0 Å². The molecule has 0 fully saturated rings. The van der Waals surface area contributed by atoms with Crippen LogP contribution in [-0.4, -0.2) is 38.4 Å². The van der Waals surface area contributed by atoms with Crippen molar-refractivity contribution < 1.29 is 9.00 Å². The number of carbonyl (C=O) groups excluding carboxylic acids is 1. The van der Waals surface area contributed by atoms with E-state index in [1.807, 2.05) is 13.8 Å². The molecule has 0 aliphatic rings. The van der Waals surface area contributed by atoms with Crippen molar-refractivity contribution in [2.75, 3.05) is 23.8 Å². The second-order valence-electron chi connectivity index (χ2n) is 3.51. The molecule has 0 spiro atoms. The summed E-state index contributed by atoms with van der Waals surface area (Å²) in [5, 5.41) is 9.23. The van der Waals surface area contributed by atoms with Gasteiger partial charge in [-0.1, -0.05) is 13.8 Å². The van der Waals surface area contributed by atoms with Gasteiger partial charge in [0.25, 0.3) is 5.91 Å². The lowest BCUT2D eigenvalue weighted by Crippen LogP contribution is -2.28. The highest BCUT2D eigenvalue weighted by Crippen LogP contribution is 2.13. The van der Waals surface area contributed by atoms with E-state index >= 15 is 0 Å². The molecule has 1 rings (SSSR count). The lowest BCUT2D eigenvalue weighted by atomic mass is 10.2. The molecular weight excluding hydrogens is 240 g/mol. The molecule has 1 aromatic heterocycles. The third-order valence-corrected chi connectivity index (χ3v) is 3.69. The molecular formula is C10H18N4O2S. The molecule has 0 radical (unpaired) electrons. The molecule has 0 saturated carbocycles. The Morgan fingerprint density at radius 1 is 1.53 bits per heavy atom. The molecule has 1 aromatic rings. The minimum atomic E-state index is -0.876. The normalized spacial score (nSPS) is 12.4. The lowest BCUT2D eigenvalue weighted by molar-refractivity contribution is 0.0952. The van der Waals surface area contributed by atoms with Crippen LogP contribution in [0.4, 0.5) is 5.69 Å². The van der Waals surface area contributed by atoms with E-state index in [1.165, 1.54) is 0 Å². The molecule has 96 valence electrons. The first-order valence-electron chi connectivity index (χ1n) is 5.56. The molecule has 1 amide bonds. The molecule has 0 saturated heterocycles. The van der Waals surface area contributed by atoms with Crippen LogP contribution >= 0.6 is 0 Å². The Hall–Kier alpha value is -1.37. The van der Waals surface area contributed by atoms with E-state index in [-0.39, 0.29) is 11.6 Å². The number of rotatable bonds is 6. The number of carbonyl (C=O) groups is 1. The minimum Gasteiger partial charge on any atom is -0.395 e. The van der Waals surface area contributed by atoms with Crippen molar-refractivity contribution in [1.82, 2.24) is 15.5 Å². The summed E-state index contributed by atoms with van der Waals surface area (Å²) >= 11 is 0. The Morgan fingerprint density at radius 3 is 2.76 bits per heavy atom. The number of anilines is 1. The van der Waals surface area contributed by atoms with Gasteiger partial charge in [-0.2, -0.15) is 5.10 Å². The minimum absolute atomic E-state index is 0.212. The van der Waals surface area contributed by atoms with E-state index in [0.717, 1.165) is 5.69 Å². The highest BCUT2D eigenvalue weighted by atomic mass is 32.2. The standard InChI is InChI=1S/C10H18N4O2S/c1-3-7-8(11)9(14-13-7)10(15)12-5-6-17(16)4-2/h3-6,11H2,1-2H3,(H,12,15)(H,13,14). The lowest BCUT2D eigenvalue weighted by Gasteiger charge is -2.03. The zero-order valence-electron chi connectivity index (χ0n) is 10.1. The number of aromatic amines is 1. The van der Waals surface area contributed by atoms with Gasteiger partial charge in [0.1, 0.15) is 0 Å². The number of nitrogens with zero attached hydrogens (tertiary/aromatic N) is 1. The van der Waals surface area contributed by atoms with E-state index in [2.05, 4.69) is 15.5 Å². The fraction of sp³-hybridized carbons (Fsp3) is 0.600. The monoisotopic (exact) mass is 258 g/mol. The van der Waals surface area contributed by atoms with Crippen molar-refractivity contribution >= 4 is 22.4 Å². The van der Waals surface area contributed by atoms with Gasteiger partial charge < -0.3 is 11.1 Å². The van der Waals surface area contributed by atoms with Crippen molar-refractivity contribution in [3.8, 4) is 0 Å². The number of nitrogens with one attached hydrogen (secondary N) is 2. The molecule has 0 aromatic carbocycles. The van der Waals surface area contributed by atoms with Gasteiger partial charge >= 0.3 is 0 Å². The number of amides is 1. The molecule has 7 heteroatoms. The van der Waals surface area contributed by atoms with Crippen molar-refractivity contribution in [3.05, 3.63) is 11.4 Å². The van der Waals surface area contributed by atoms with E-state index in [0.29, 0.717) is 30.2 Å². The summed E-state index contributed by atoms with van der Waals surface area (Å²) < 4.78 is 11.2. The largest absolute Gasteiger partial charge is 0.395 e. The van der Waals surface area contributed by atoms with Crippen LogP contribution in [-0.2, 0) is 17.2 Å². The molecule has 0 aliphatic carbocycles. The Labute approximate surface area is 103 Å². The first kappa shape index (κ1) is 13.7. The number of aryl methyl sites for hydroxylation is 1. The molecule has 1 heterocycles. The maximum atomic E-state index is 11.7. The van der Waals surface area contributed by atoms with Crippen LogP contribution < -0.4 is 11.1 Å². The summed E-state index contributed by atoms with van der Waals surface area (Å²) in [5.41, 5.74) is 7.12. The predicted octanol–water partition coefficient (Wildman–Crippen LogP) is 0.0527. The van der Waals surface area contributed by atoms with Gasteiger partial charge in [-0.15, -0.1) is 0 Å². The summed E-state index contributed by atoms with van der Waals surface area (Å²) in [4.78, 5) is 11.7. The predicted molar refractivity (Wildman–Crippen MR) is 68.3 cm³/mol. The number of hydrogen-bond acceptors (Lipinski definition) is 4. The molecule has 4 N–H and O–H groups in total. The Morgan fingerprint density at radius 2 is 2.24 bits per heavy atom. The quantitative estimate of drug-likeness (QED) is 0.671. The second kappa shape index (κ2) is 6.39. The summed E-state index contributed by atoms with van der Waals surface area (Å²) in [7, 11) is -0.876. The van der Waals surface area contributed by atoms with Gasteiger partial charge in [-0.05, 0) is 6.42 Å². The van der Waals surface area contributed by atoms with Gasteiger partial charge in [-0.25, -0.2) is 0 Å². The maximum Gasteiger partial charge on any atom is 0.273 e. The maximum absolute atomic E-state index is 11.7. The van der Waals surface area contributed by atoms with Crippen molar-refractivity contribution in [3.63, 3.8) is 0 Å². The smallest absolute Gasteiger partial charge is 0.273 e. The van der Waals surface area contributed by atoms with Crippen LogP contribution in [0.1, 0.15) is 30.0 Å². The summed E-state index contributed by atoms with van der Waals surface area (Å²) in [5.74, 6) is 0.722. The number of nitrogens with two attached hydrogens (primary N) is 1. The summed E-state index contributed by atoms with van der Waals surface area (Å²) in [6.45, 7) is 4.14. The topological polar surface area (TPSA) is 101 Å². The van der Waals surface area contributed by atoms with Gasteiger partial charge in [0.2, 0.25) is 0 Å². The van der Waals surface area contributed by atoms with E-state index < -0.39 is 10.8 Å². The van der Waals surface area contributed by atoms with Crippen molar-refractivity contribution in [2.45, 2.75) is 20.3 Å². The number of hydrogen-bond donors (Lipinski definition) is 3. The van der Waals surface area contributed by atoms with E-state index in [9.17, 15) is 9.00 Å². The van der Waals surface area contributed by atoms with Gasteiger partial charge in [0, 0.05) is 28.9 Å². The Bertz CT molecular complexity index is 416. The summed E-state index contributed by atoms with van der Waals surface area (Å²) in [6, 6.07) is 0. The highest BCUT2D eigenvalue weighted by Gasteiger charge is 2.15. The number of aromatic nitrogens is 2. The molecule has 6 nitrogen and oxygen atoms in total. The zero-order valence-corrected chi connectivity index (χ0v) is 10.9. The fourth-order valence-electron chi connectivity index (χ4n) is 1.34. The molecule has 1 unspecified atom stereocenters. The van der Waals surface area contributed by atoms with Crippen LogP contribution in [0.2, 0.25) is 0 Å². The molecule has 17 heavy (non-hydrogen) atoms.